The van der Waals surface area contributed by atoms with Crippen LogP contribution in [0.4, 0.5) is 4.39 Å². The molecule has 1 saturated heterocycles. The third kappa shape index (κ3) is 4.71. The zero-order valence-corrected chi connectivity index (χ0v) is 15.7. The molecule has 138 valence electrons. The number of amides is 1. The SMILES string of the molecule is CC1(NC(=O)CN(Cc2c(F)cccc2Cl)C2CC2)CCS(=O)(=O)C1. The van der Waals surface area contributed by atoms with Crippen LogP contribution >= 0.6 is 11.6 Å². The van der Waals surface area contributed by atoms with E-state index in [9.17, 15) is 17.6 Å². The molecule has 1 heterocycles. The number of hydrogen-bond acceptors (Lipinski definition) is 4. The molecular weight excluding hydrogens is 367 g/mol. The molecule has 2 fully saturated rings. The molecule has 1 aliphatic carbocycles. The summed E-state index contributed by atoms with van der Waals surface area (Å²) in [5.74, 6) is -0.554. The molecular formula is C17H22ClFN2O3S. The lowest BCUT2D eigenvalue weighted by Crippen LogP contribution is -2.50. The molecule has 1 aliphatic heterocycles. The Hall–Kier alpha value is -1.18. The van der Waals surface area contributed by atoms with E-state index < -0.39 is 15.4 Å². The van der Waals surface area contributed by atoms with Crippen molar-refractivity contribution in [2.24, 2.45) is 0 Å². The summed E-state index contributed by atoms with van der Waals surface area (Å²) in [6, 6.07) is 4.78. The maximum absolute atomic E-state index is 14.0. The molecule has 3 rings (SSSR count). The van der Waals surface area contributed by atoms with Gasteiger partial charge in [-0.2, -0.15) is 0 Å². The molecule has 0 aromatic heterocycles. The molecule has 25 heavy (non-hydrogen) atoms. The van der Waals surface area contributed by atoms with Crippen LogP contribution in [0.5, 0.6) is 0 Å². The number of hydrogen-bond donors (Lipinski definition) is 1. The van der Waals surface area contributed by atoms with E-state index in [0.717, 1.165) is 12.8 Å². The van der Waals surface area contributed by atoms with E-state index in [4.69, 9.17) is 11.6 Å². The molecule has 1 N–H and O–H groups in total. The molecule has 1 saturated carbocycles. The molecule has 1 unspecified atom stereocenters. The number of halogens is 2. The number of carbonyl (C=O) groups is 1. The van der Waals surface area contributed by atoms with Gasteiger partial charge in [-0.3, -0.25) is 9.69 Å². The van der Waals surface area contributed by atoms with Crippen LogP contribution in [-0.4, -0.2) is 48.9 Å². The quantitative estimate of drug-likeness (QED) is 0.810. The van der Waals surface area contributed by atoms with Crippen LogP contribution in [0.3, 0.4) is 0 Å². The van der Waals surface area contributed by atoms with Crippen molar-refractivity contribution >= 4 is 27.3 Å². The molecule has 1 aromatic rings. The summed E-state index contributed by atoms with van der Waals surface area (Å²) in [5, 5.41) is 3.20. The Morgan fingerprint density at radius 1 is 1.44 bits per heavy atom. The van der Waals surface area contributed by atoms with Crippen LogP contribution in [-0.2, 0) is 21.2 Å². The maximum atomic E-state index is 14.0. The van der Waals surface area contributed by atoms with Gasteiger partial charge < -0.3 is 5.32 Å². The van der Waals surface area contributed by atoms with E-state index in [2.05, 4.69) is 5.32 Å². The molecule has 5 nitrogen and oxygen atoms in total. The van der Waals surface area contributed by atoms with Gasteiger partial charge in [0.1, 0.15) is 5.82 Å². The highest BCUT2D eigenvalue weighted by Gasteiger charge is 2.40. The highest BCUT2D eigenvalue weighted by molar-refractivity contribution is 7.91. The van der Waals surface area contributed by atoms with E-state index in [1.54, 1.807) is 19.1 Å². The second-order valence-corrected chi connectivity index (χ2v) is 9.88. The Balaban J connectivity index is 1.65. The van der Waals surface area contributed by atoms with E-state index >= 15 is 0 Å². The number of rotatable bonds is 6. The fraction of sp³-hybridized carbons (Fsp3) is 0.588. The fourth-order valence-corrected chi connectivity index (χ4v) is 5.63. The van der Waals surface area contributed by atoms with Crippen LogP contribution in [0.2, 0.25) is 5.02 Å². The van der Waals surface area contributed by atoms with Gasteiger partial charge in [-0.15, -0.1) is 0 Å². The first-order valence-electron chi connectivity index (χ1n) is 8.36. The van der Waals surface area contributed by atoms with E-state index in [0.29, 0.717) is 17.0 Å². The van der Waals surface area contributed by atoms with Gasteiger partial charge in [0.2, 0.25) is 5.91 Å². The van der Waals surface area contributed by atoms with Crippen molar-refractivity contribution in [3.63, 3.8) is 0 Å². The zero-order valence-electron chi connectivity index (χ0n) is 14.1. The fourth-order valence-electron chi connectivity index (χ4n) is 3.31. The first-order valence-corrected chi connectivity index (χ1v) is 10.6. The molecule has 1 amide bonds. The summed E-state index contributed by atoms with van der Waals surface area (Å²) in [6.45, 7) is 2.12. The topological polar surface area (TPSA) is 66.5 Å². The monoisotopic (exact) mass is 388 g/mol. The standard InChI is InChI=1S/C17H22ClFN2O3S/c1-17(7-8-25(23,24)11-17)20-16(22)10-21(12-5-6-12)9-13-14(18)3-2-4-15(13)19/h2-4,12H,5-11H2,1H3,(H,20,22). The van der Waals surface area contributed by atoms with Crippen LogP contribution in [0, 0.1) is 5.82 Å². The highest BCUT2D eigenvalue weighted by atomic mass is 35.5. The molecule has 1 atom stereocenters. The number of nitrogens with one attached hydrogen (secondary N) is 1. The van der Waals surface area contributed by atoms with Crippen molar-refractivity contribution < 1.29 is 17.6 Å². The predicted molar refractivity (Wildman–Crippen MR) is 94.7 cm³/mol. The van der Waals surface area contributed by atoms with Gasteiger partial charge in [0, 0.05) is 23.2 Å². The number of benzene rings is 1. The average Bonchev–Trinajstić information content (AvgIpc) is 3.28. The van der Waals surface area contributed by atoms with Crippen LogP contribution in [0.1, 0.15) is 31.7 Å². The lowest BCUT2D eigenvalue weighted by Gasteiger charge is -2.27. The second-order valence-electron chi connectivity index (χ2n) is 7.29. The van der Waals surface area contributed by atoms with Gasteiger partial charge in [-0.25, -0.2) is 12.8 Å². The van der Waals surface area contributed by atoms with Crippen molar-refractivity contribution in [2.75, 3.05) is 18.1 Å². The van der Waals surface area contributed by atoms with Crippen molar-refractivity contribution in [3.05, 3.63) is 34.6 Å². The molecule has 8 heteroatoms. The Bertz CT molecular complexity index is 762. The zero-order chi connectivity index (χ0) is 18.2. The first-order chi connectivity index (χ1) is 11.7. The van der Waals surface area contributed by atoms with Crippen molar-refractivity contribution in [3.8, 4) is 0 Å². The Kier molecular flexibility index (Phi) is 5.10. The summed E-state index contributed by atoms with van der Waals surface area (Å²) < 4.78 is 37.4. The maximum Gasteiger partial charge on any atom is 0.234 e. The summed E-state index contributed by atoms with van der Waals surface area (Å²) in [5.41, 5.74) is -0.334. The van der Waals surface area contributed by atoms with E-state index in [-0.39, 0.29) is 42.4 Å². The molecule has 2 aliphatic rings. The lowest BCUT2D eigenvalue weighted by molar-refractivity contribution is -0.124. The number of carbonyl (C=O) groups excluding carboxylic acids is 1. The third-order valence-electron chi connectivity index (χ3n) is 4.78. The normalized spacial score (nSPS) is 25.3. The van der Waals surface area contributed by atoms with Gasteiger partial charge >= 0.3 is 0 Å². The lowest BCUT2D eigenvalue weighted by atomic mass is 10.0. The third-order valence-corrected chi connectivity index (χ3v) is 7.03. The summed E-state index contributed by atoms with van der Waals surface area (Å²) in [6.07, 6.45) is 2.35. The van der Waals surface area contributed by atoms with Gasteiger partial charge in [0.05, 0.1) is 23.6 Å². The Morgan fingerprint density at radius 2 is 2.16 bits per heavy atom. The highest BCUT2D eigenvalue weighted by Crippen LogP contribution is 2.30. The van der Waals surface area contributed by atoms with Crippen LogP contribution < -0.4 is 5.32 Å². The largest absolute Gasteiger partial charge is 0.349 e. The van der Waals surface area contributed by atoms with E-state index in [1.807, 2.05) is 4.90 Å². The summed E-state index contributed by atoms with van der Waals surface area (Å²) >= 11 is 6.09. The van der Waals surface area contributed by atoms with Gasteiger partial charge in [0.15, 0.2) is 9.84 Å². The van der Waals surface area contributed by atoms with Crippen molar-refractivity contribution in [2.45, 2.75) is 44.3 Å². The van der Waals surface area contributed by atoms with Crippen LogP contribution in [0.15, 0.2) is 18.2 Å². The minimum Gasteiger partial charge on any atom is -0.349 e. The second kappa shape index (κ2) is 6.85. The Morgan fingerprint density at radius 3 is 2.72 bits per heavy atom. The van der Waals surface area contributed by atoms with Crippen LogP contribution in [0.25, 0.3) is 0 Å². The predicted octanol–water partition coefficient (Wildman–Crippen LogP) is 2.14. The van der Waals surface area contributed by atoms with Gasteiger partial charge in [0.25, 0.3) is 0 Å². The summed E-state index contributed by atoms with van der Waals surface area (Å²) in [4.78, 5) is 14.4. The minimum atomic E-state index is -3.09. The van der Waals surface area contributed by atoms with Gasteiger partial charge in [-0.1, -0.05) is 17.7 Å². The summed E-state index contributed by atoms with van der Waals surface area (Å²) in [7, 11) is -3.09. The molecule has 0 bridgehead atoms. The van der Waals surface area contributed by atoms with Crippen molar-refractivity contribution in [1.82, 2.24) is 10.2 Å². The minimum absolute atomic E-state index is 0.0334. The number of sulfone groups is 1. The smallest absolute Gasteiger partial charge is 0.234 e. The molecule has 1 aromatic carbocycles. The molecule has 0 radical (unpaired) electrons. The first kappa shape index (κ1) is 18.6. The number of nitrogens with zero attached hydrogens (tertiary/aromatic N) is 1. The Labute approximate surface area is 152 Å². The average molecular weight is 389 g/mol. The molecule has 0 spiro atoms. The van der Waals surface area contributed by atoms with Crippen molar-refractivity contribution in [1.29, 1.82) is 0 Å². The van der Waals surface area contributed by atoms with E-state index in [1.165, 1.54) is 6.07 Å². The van der Waals surface area contributed by atoms with Gasteiger partial charge in [-0.05, 0) is 38.3 Å².